The summed E-state index contributed by atoms with van der Waals surface area (Å²) >= 11 is 1.27. The number of hydrogen-bond donors (Lipinski definition) is 2. The van der Waals surface area contributed by atoms with Crippen molar-refractivity contribution in [1.82, 2.24) is 15.3 Å². The van der Waals surface area contributed by atoms with Gasteiger partial charge in [0.2, 0.25) is 0 Å². The van der Waals surface area contributed by atoms with Crippen molar-refractivity contribution in [2.24, 2.45) is 0 Å². The monoisotopic (exact) mass is 464 g/mol. The lowest BCUT2D eigenvalue weighted by atomic mass is 10.1. The number of nitrogens with one attached hydrogen (secondary N) is 2. The first kappa shape index (κ1) is 21.4. The number of benzene rings is 1. The minimum absolute atomic E-state index is 0.145. The molecule has 0 saturated carbocycles. The summed E-state index contributed by atoms with van der Waals surface area (Å²) in [6.07, 6.45) is 1.69. The Labute approximate surface area is 195 Å². The molecule has 0 radical (unpaired) electrons. The van der Waals surface area contributed by atoms with Crippen LogP contribution < -0.4 is 25.2 Å². The number of nitrogens with zero attached hydrogens (tertiary/aromatic N) is 4. The van der Waals surface area contributed by atoms with E-state index in [1.54, 1.807) is 29.7 Å². The SMILES string of the molecule is COc1ccc2c(c1)C(=O)N(c1nc(C(=O)Nc3cnc(C)cc3N3CCNCC3)cs1)C2. The molecule has 3 aromatic rings. The van der Waals surface area contributed by atoms with Crippen LogP contribution >= 0.6 is 11.3 Å². The third-order valence-electron chi connectivity index (χ3n) is 5.80. The fourth-order valence-corrected chi connectivity index (χ4v) is 4.85. The number of ether oxygens (including phenoxy) is 1. The molecule has 0 unspecified atom stereocenters. The average Bonchev–Trinajstić information content (AvgIpc) is 3.45. The van der Waals surface area contributed by atoms with Crippen LogP contribution in [0.3, 0.4) is 0 Å². The zero-order valence-corrected chi connectivity index (χ0v) is 19.2. The Morgan fingerprint density at radius 2 is 2.06 bits per heavy atom. The maximum Gasteiger partial charge on any atom is 0.275 e. The largest absolute Gasteiger partial charge is 0.497 e. The van der Waals surface area contributed by atoms with Gasteiger partial charge in [-0.2, -0.15) is 0 Å². The van der Waals surface area contributed by atoms with Crippen molar-refractivity contribution < 1.29 is 14.3 Å². The fourth-order valence-electron chi connectivity index (χ4n) is 4.05. The molecule has 170 valence electrons. The van der Waals surface area contributed by atoms with Crippen LogP contribution in [0.5, 0.6) is 5.75 Å². The number of hydrogen-bond acceptors (Lipinski definition) is 8. The molecule has 2 amide bonds. The number of aromatic nitrogens is 2. The van der Waals surface area contributed by atoms with Crippen molar-refractivity contribution in [3.8, 4) is 5.75 Å². The Balaban J connectivity index is 1.34. The lowest BCUT2D eigenvalue weighted by Gasteiger charge is -2.31. The van der Waals surface area contributed by atoms with Crippen molar-refractivity contribution >= 4 is 39.7 Å². The van der Waals surface area contributed by atoms with E-state index in [4.69, 9.17) is 4.74 Å². The molecule has 5 rings (SSSR count). The number of anilines is 3. The quantitative estimate of drug-likeness (QED) is 0.599. The van der Waals surface area contributed by atoms with Gasteiger partial charge in [-0.15, -0.1) is 11.3 Å². The standard InChI is InChI=1S/C23H24N6O3S/c1-14-9-20(28-7-5-24-6-8-28)18(11-25-14)26-21(30)19-13-33-23(27-19)29-12-15-3-4-16(32-2)10-17(15)22(29)31/h3-4,9-11,13,24H,5-8,12H2,1-2H3,(H,26,30). The number of thiazole rings is 1. The van der Waals surface area contributed by atoms with Gasteiger partial charge >= 0.3 is 0 Å². The second-order valence-corrected chi connectivity index (χ2v) is 8.80. The van der Waals surface area contributed by atoms with Gasteiger partial charge in [-0.1, -0.05) is 6.07 Å². The lowest BCUT2D eigenvalue weighted by Crippen LogP contribution is -2.43. The highest BCUT2D eigenvalue weighted by atomic mass is 32.1. The summed E-state index contributed by atoms with van der Waals surface area (Å²) in [5.41, 5.74) is 4.27. The number of rotatable bonds is 5. The van der Waals surface area contributed by atoms with Crippen LogP contribution in [0, 0.1) is 6.92 Å². The topological polar surface area (TPSA) is 99.7 Å². The molecule has 2 aromatic heterocycles. The van der Waals surface area contributed by atoms with Gasteiger partial charge in [0, 0.05) is 42.8 Å². The average molecular weight is 465 g/mol. The van der Waals surface area contributed by atoms with Crippen molar-refractivity contribution in [3.63, 3.8) is 0 Å². The molecule has 2 aliphatic heterocycles. The minimum atomic E-state index is -0.328. The number of methoxy groups -OCH3 is 1. The molecule has 1 saturated heterocycles. The maximum absolute atomic E-state index is 13.0. The summed E-state index contributed by atoms with van der Waals surface area (Å²) in [6.45, 7) is 5.85. The zero-order chi connectivity index (χ0) is 22.9. The van der Waals surface area contributed by atoms with E-state index in [1.807, 2.05) is 25.1 Å². The second kappa shape index (κ2) is 8.80. The predicted molar refractivity (Wildman–Crippen MR) is 128 cm³/mol. The number of pyridine rings is 1. The molecule has 10 heteroatoms. The number of amides is 2. The molecular formula is C23H24N6O3S. The lowest BCUT2D eigenvalue weighted by molar-refractivity contribution is 0.0991. The number of carbonyl (C=O) groups is 2. The highest BCUT2D eigenvalue weighted by Crippen LogP contribution is 2.33. The highest BCUT2D eigenvalue weighted by Gasteiger charge is 2.31. The van der Waals surface area contributed by atoms with Crippen LogP contribution in [-0.2, 0) is 6.54 Å². The van der Waals surface area contributed by atoms with Crippen molar-refractivity contribution in [3.05, 3.63) is 58.4 Å². The third-order valence-corrected chi connectivity index (χ3v) is 6.66. The summed E-state index contributed by atoms with van der Waals surface area (Å²) in [5, 5.41) is 8.46. The summed E-state index contributed by atoms with van der Waals surface area (Å²) in [6, 6.07) is 7.44. The van der Waals surface area contributed by atoms with E-state index < -0.39 is 0 Å². The molecule has 0 spiro atoms. The molecule has 1 aromatic carbocycles. The van der Waals surface area contributed by atoms with Crippen LogP contribution in [0.4, 0.5) is 16.5 Å². The van der Waals surface area contributed by atoms with Crippen molar-refractivity contribution in [1.29, 1.82) is 0 Å². The normalized spacial score (nSPS) is 15.5. The molecule has 0 bridgehead atoms. The third kappa shape index (κ3) is 4.14. The zero-order valence-electron chi connectivity index (χ0n) is 18.4. The Morgan fingerprint density at radius 1 is 1.24 bits per heavy atom. The second-order valence-electron chi connectivity index (χ2n) is 7.96. The van der Waals surface area contributed by atoms with Crippen LogP contribution in [0.25, 0.3) is 0 Å². The Morgan fingerprint density at radius 3 is 2.85 bits per heavy atom. The summed E-state index contributed by atoms with van der Waals surface area (Å²) < 4.78 is 5.23. The van der Waals surface area contributed by atoms with E-state index in [9.17, 15) is 9.59 Å². The van der Waals surface area contributed by atoms with Gasteiger partial charge in [-0.05, 0) is 30.7 Å². The van der Waals surface area contributed by atoms with Crippen molar-refractivity contribution in [2.45, 2.75) is 13.5 Å². The van der Waals surface area contributed by atoms with Crippen molar-refractivity contribution in [2.75, 3.05) is 48.4 Å². The van der Waals surface area contributed by atoms with Crippen LogP contribution in [0.2, 0.25) is 0 Å². The van der Waals surface area contributed by atoms with Gasteiger partial charge in [-0.25, -0.2) is 4.98 Å². The molecule has 0 atom stereocenters. The first-order valence-corrected chi connectivity index (χ1v) is 11.6. The van der Waals surface area contributed by atoms with Crippen LogP contribution in [-0.4, -0.2) is 55.1 Å². The van der Waals surface area contributed by atoms with Crippen LogP contribution in [0.1, 0.15) is 32.1 Å². The van der Waals surface area contributed by atoms with E-state index in [1.165, 1.54) is 11.3 Å². The van der Waals surface area contributed by atoms with Gasteiger partial charge in [0.05, 0.1) is 31.2 Å². The first-order chi connectivity index (χ1) is 16.0. The summed E-state index contributed by atoms with van der Waals surface area (Å²) in [4.78, 5) is 38.5. The molecule has 0 aliphatic carbocycles. The van der Waals surface area contributed by atoms with Gasteiger partial charge in [0.25, 0.3) is 11.8 Å². The van der Waals surface area contributed by atoms with Crippen LogP contribution in [0.15, 0.2) is 35.8 Å². The highest BCUT2D eigenvalue weighted by molar-refractivity contribution is 7.14. The number of fused-ring (bicyclic) bond motifs is 1. The Kier molecular flexibility index (Phi) is 5.69. The van der Waals surface area contributed by atoms with E-state index >= 15 is 0 Å². The van der Waals surface area contributed by atoms with E-state index in [2.05, 4.69) is 25.5 Å². The summed E-state index contributed by atoms with van der Waals surface area (Å²) in [5.74, 6) is 0.162. The molecule has 4 heterocycles. The predicted octanol–water partition coefficient (Wildman–Crippen LogP) is 2.68. The molecule has 2 aliphatic rings. The smallest absolute Gasteiger partial charge is 0.275 e. The number of piperazine rings is 1. The Hall–Kier alpha value is -3.50. The number of carbonyl (C=O) groups excluding carboxylic acids is 2. The van der Waals surface area contributed by atoms with E-state index in [0.717, 1.165) is 43.1 Å². The van der Waals surface area contributed by atoms with Gasteiger partial charge in [0.15, 0.2) is 5.13 Å². The molecule has 2 N–H and O–H groups in total. The van der Waals surface area contributed by atoms with Gasteiger partial charge in [0.1, 0.15) is 11.4 Å². The molecule has 1 fully saturated rings. The summed E-state index contributed by atoms with van der Waals surface area (Å²) in [7, 11) is 1.57. The minimum Gasteiger partial charge on any atom is -0.497 e. The number of aryl methyl sites for hydroxylation is 1. The van der Waals surface area contributed by atoms with E-state index in [0.29, 0.717) is 28.7 Å². The van der Waals surface area contributed by atoms with E-state index in [-0.39, 0.29) is 17.5 Å². The first-order valence-electron chi connectivity index (χ1n) is 10.7. The molecule has 33 heavy (non-hydrogen) atoms. The molecular weight excluding hydrogens is 440 g/mol. The van der Waals surface area contributed by atoms with Gasteiger partial charge < -0.3 is 20.3 Å². The molecule has 9 nitrogen and oxygen atoms in total. The Bertz CT molecular complexity index is 1220. The fraction of sp³-hybridized carbons (Fsp3) is 0.304. The van der Waals surface area contributed by atoms with Gasteiger partial charge in [-0.3, -0.25) is 19.5 Å². The maximum atomic E-state index is 13.0.